The van der Waals surface area contributed by atoms with Crippen molar-refractivity contribution in [2.24, 2.45) is 16.6 Å². The van der Waals surface area contributed by atoms with Crippen molar-refractivity contribution in [2.45, 2.75) is 30.6 Å². The number of rotatable bonds is 5. The van der Waals surface area contributed by atoms with Gasteiger partial charge in [-0.1, -0.05) is 17.7 Å². The molecule has 1 saturated carbocycles. The number of benzene rings is 1. The molecule has 2 heterocycles. The average molecular weight is 468 g/mol. The molecular weight excluding hydrogens is 448 g/mol. The Morgan fingerprint density at radius 3 is 2.88 bits per heavy atom. The van der Waals surface area contributed by atoms with E-state index in [4.69, 9.17) is 16.9 Å². The third kappa shape index (κ3) is 3.87. The number of amides is 1. The summed E-state index contributed by atoms with van der Waals surface area (Å²) in [5.74, 6) is -0.462. The maximum atomic E-state index is 14.9. The van der Waals surface area contributed by atoms with Crippen molar-refractivity contribution in [1.82, 2.24) is 4.98 Å². The summed E-state index contributed by atoms with van der Waals surface area (Å²) >= 11 is 1.14. The number of ether oxygens (including phenoxy) is 1. The third-order valence-electron chi connectivity index (χ3n) is 5.83. The number of hydrogen-bond acceptors (Lipinski definition) is 7. The molecule has 1 aromatic heterocycles. The second-order valence-corrected chi connectivity index (χ2v) is 9.41. The minimum atomic E-state index is -1.25. The zero-order valence-corrected chi connectivity index (χ0v) is 18.6. The first kappa shape index (κ1) is 22.6. The van der Waals surface area contributed by atoms with Crippen LogP contribution in [0, 0.1) is 48.2 Å². The van der Waals surface area contributed by atoms with Gasteiger partial charge >= 0.3 is 0 Å². The highest BCUT2D eigenvalue weighted by Gasteiger charge is 2.67. The Morgan fingerprint density at radius 1 is 1.45 bits per heavy atom. The molecule has 1 fully saturated rings. The average Bonchev–Trinajstić information content (AvgIpc) is 3.50. The van der Waals surface area contributed by atoms with E-state index < -0.39 is 27.8 Å². The Balaban J connectivity index is 1.65. The number of carbonyl (C=O) groups is 1. The predicted octanol–water partition coefficient (Wildman–Crippen LogP) is 3.49. The Kier molecular flexibility index (Phi) is 5.51. The van der Waals surface area contributed by atoms with E-state index >= 15 is 0 Å². The van der Waals surface area contributed by atoms with Crippen LogP contribution in [0.5, 0.6) is 5.75 Å². The molecule has 1 aliphatic heterocycles. The van der Waals surface area contributed by atoms with E-state index in [0.29, 0.717) is 17.7 Å². The minimum Gasteiger partial charge on any atom is -0.479 e. The van der Waals surface area contributed by atoms with Crippen LogP contribution in [-0.2, 0) is 5.54 Å². The Bertz CT molecular complexity index is 1280. The van der Waals surface area contributed by atoms with E-state index in [1.54, 1.807) is 19.9 Å². The van der Waals surface area contributed by atoms with Gasteiger partial charge in [0.05, 0.1) is 17.8 Å². The van der Waals surface area contributed by atoms with Crippen LogP contribution in [0.15, 0.2) is 29.4 Å². The number of amidine groups is 1. The first-order valence-electron chi connectivity index (χ1n) is 9.93. The van der Waals surface area contributed by atoms with E-state index in [-0.39, 0.29) is 34.6 Å². The van der Waals surface area contributed by atoms with Gasteiger partial charge in [0.25, 0.3) is 5.91 Å². The highest BCUT2D eigenvalue weighted by atomic mass is 32.2. The molecule has 7 nitrogen and oxygen atoms in total. The van der Waals surface area contributed by atoms with Gasteiger partial charge in [0.2, 0.25) is 0 Å². The number of halogens is 2. The van der Waals surface area contributed by atoms with E-state index in [2.05, 4.69) is 27.3 Å². The lowest BCUT2D eigenvalue weighted by atomic mass is 9.85. The van der Waals surface area contributed by atoms with Crippen molar-refractivity contribution in [3.63, 3.8) is 0 Å². The third-order valence-corrected chi connectivity index (χ3v) is 7.04. The fourth-order valence-electron chi connectivity index (χ4n) is 4.13. The molecule has 1 aromatic carbocycles. The molecule has 4 rings (SSSR count). The van der Waals surface area contributed by atoms with Crippen molar-refractivity contribution < 1.29 is 18.3 Å². The van der Waals surface area contributed by atoms with Gasteiger partial charge in [0, 0.05) is 23.2 Å². The normalized spacial score (nSPS) is 25.2. The molecule has 0 radical (unpaired) electrons. The lowest BCUT2D eigenvalue weighted by Gasteiger charge is -2.32. The molecule has 0 unspecified atom stereocenters. The Labute approximate surface area is 193 Å². The smallest absolute Gasteiger partial charge is 0.274 e. The molecule has 3 atom stereocenters. The van der Waals surface area contributed by atoms with Gasteiger partial charge in [-0.3, -0.25) is 9.79 Å². The van der Waals surface area contributed by atoms with Crippen LogP contribution in [0.25, 0.3) is 0 Å². The van der Waals surface area contributed by atoms with Crippen molar-refractivity contribution >= 4 is 28.5 Å². The van der Waals surface area contributed by atoms with Crippen LogP contribution < -0.4 is 15.8 Å². The number of nitrogens with two attached hydrogens (primary N) is 1. The molecule has 168 valence electrons. The summed E-state index contributed by atoms with van der Waals surface area (Å²) in [6.45, 7) is 3.34. The first-order chi connectivity index (χ1) is 15.6. The number of hydrogen-bond donors (Lipinski definition) is 2. The molecule has 2 aromatic rings. The molecule has 1 aliphatic carbocycles. The first-order valence-corrected chi connectivity index (χ1v) is 10.7. The summed E-state index contributed by atoms with van der Waals surface area (Å²) in [5, 5.41) is 12.3. The number of fused-ring (bicyclic) bond motifs is 1. The van der Waals surface area contributed by atoms with Crippen molar-refractivity contribution in [1.29, 1.82) is 5.26 Å². The van der Waals surface area contributed by atoms with Gasteiger partial charge in [-0.15, -0.1) is 6.42 Å². The number of aliphatic imine (C=N–C) groups is 1. The van der Waals surface area contributed by atoms with Crippen LogP contribution in [0.3, 0.4) is 0 Å². The fourth-order valence-corrected chi connectivity index (χ4v) is 5.41. The zero-order valence-electron chi connectivity index (χ0n) is 17.8. The lowest BCUT2D eigenvalue weighted by molar-refractivity contribution is 0.102. The number of anilines is 1. The maximum Gasteiger partial charge on any atom is 0.274 e. The molecule has 33 heavy (non-hydrogen) atoms. The van der Waals surface area contributed by atoms with E-state index in [0.717, 1.165) is 17.8 Å². The molecule has 2 aliphatic rings. The topological polar surface area (TPSA) is 113 Å². The van der Waals surface area contributed by atoms with Crippen LogP contribution >= 0.6 is 11.8 Å². The Morgan fingerprint density at radius 2 is 2.21 bits per heavy atom. The largest absolute Gasteiger partial charge is 0.479 e. The fraction of sp³-hybridized carbons (Fsp3) is 0.304. The number of terminal acetylenes is 1. The molecule has 10 heteroatoms. The number of thioether (sulfide) groups is 1. The summed E-state index contributed by atoms with van der Waals surface area (Å²) in [6, 6.07) is 6.03. The number of pyridine rings is 1. The number of nitrogens with zero attached hydrogens (tertiary/aromatic N) is 3. The summed E-state index contributed by atoms with van der Waals surface area (Å²) in [6.07, 6.45) is 6.96. The van der Waals surface area contributed by atoms with E-state index in [1.165, 1.54) is 12.3 Å². The quantitative estimate of drug-likeness (QED) is 0.651. The second-order valence-electron chi connectivity index (χ2n) is 8.06. The van der Waals surface area contributed by atoms with Crippen molar-refractivity contribution in [3.8, 4) is 24.2 Å². The minimum absolute atomic E-state index is 0.0270. The summed E-state index contributed by atoms with van der Waals surface area (Å²) in [5.41, 5.74) is 5.21. The van der Waals surface area contributed by atoms with Crippen LogP contribution in [0.1, 0.15) is 35.0 Å². The number of carbonyl (C=O) groups excluding carboxylic acids is 1. The highest BCUT2D eigenvalue weighted by molar-refractivity contribution is 8.15. The van der Waals surface area contributed by atoms with Gasteiger partial charge < -0.3 is 15.8 Å². The van der Waals surface area contributed by atoms with Crippen LogP contribution in [-0.4, -0.2) is 27.4 Å². The molecular formula is C23H19F2N5O2S. The Hall–Kier alpha value is -3.63. The van der Waals surface area contributed by atoms with Gasteiger partial charge in [-0.25, -0.2) is 13.8 Å². The SMILES string of the molecule is C#CCOc1cnc(C(=O)Nc2cc(F)c(F)c([C@]3(C)N=C(N)S[C@@]4(C#N)C[C@@H]34)c2)c(C)c1. The molecule has 3 N–H and O–H groups in total. The van der Waals surface area contributed by atoms with E-state index in [9.17, 15) is 18.8 Å². The second kappa shape index (κ2) is 8.05. The summed E-state index contributed by atoms with van der Waals surface area (Å²) < 4.78 is 33.9. The summed E-state index contributed by atoms with van der Waals surface area (Å²) in [7, 11) is 0. The molecule has 0 spiro atoms. The van der Waals surface area contributed by atoms with Crippen molar-refractivity contribution in [3.05, 3.63) is 52.9 Å². The van der Waals surface area contributed by atoms with Crippen LogP contribution in [0.2, 0.25) is 0 Å². The molecule has 0 bridgehead atoms. The van der Waals surface area contributed by atoms with Gasteiger partial charge in [0.1, 0.15) is 22.8 Å². The van der Waals surface area contributed by atoms with E-state index in [1.807, 2.05) is 0 Å². The van der Waals surface area contributed by atoms with Gasteiger partial charge in [-0.05, 0) is 38.0 Å². The lowest BCUT2D eigenvalue weighted by Crippen LogP contribution is -2.35. The van der Waals surface area contributed by atoms with Gasteiger partial charge in [-0.2, -0.15) is 5.26 Å². The number of nitriles is 1. The zero-order chi connectivity index (χ0) is 24.0. The molecule has 1 amide bonds. The number of nitrogens with one attached hydrogen (secondary N) is 1. The number of aryl methyl sites for hydroxylation is 1. The predicted molar refractivity (Wildman–Crippen MR) is 121 cm³/mol. The number of aromatic nitrogens is 1. The van der Waals surface area contributed by atoms with Gasteiger partial charge in [0.15, 0.2) is 16.8 Å². The maximum absolute atomic E-state index is 14.9. The van der Waals surface area contributed by atoms with Crippen LogP contribution in [0.4, 0.5) is 14.5 Å². The summed E-state index contributed by atoms with van der Waals surface area (Å²) in [4.78, 5) is 21.3. The molecule has 0 saturated heterocycles. The standard InChI is InChI=1S/C23H19F2N5O2S/c1-4-5-32-14-6-12(2)19(28-10-14)20(31)29-13-7-15(18(25)16(24)8-13)22(3)17-9-23(17,11-26)33-21(27)30-22/h1,6-8,10,17H,5,9H2,2-3H3,(H2,27,30)(H,29,31)/t17-,22-,23+/m0/s1. The van der Waals surface area contributed by atoms with Crippen molar-refractivity contribution in [2.75, 3.05) is 11.9 Å². The highest BCUT2D eigenvalue weighted by Crippen LogP contribution is 2.65. The monoisotopic (exact) mass is 467 g/mol.